The fourth-order valence-electron chi connectivity index (χ4n) is 2.68. The van der Waals surface area contributed by atoms with E-state index in [1.807, 2.05) is 0 Å². The topological polar surface area (TPSA) is 50.9 Å². The van der Waals surface area contributed by atoms with E-state index < -0.39 is 17.3 Å². The SMILES string of the molecule is CC1CCC(CN)(Nc2ncccc2C(F)(F)F)CC1. The van der Waals surface area contributed by atoms with Gasteiger partial charge in [-0.05, 0) is 43.7 Å². The first-order valence-corrected chi connectivity index (χ1v) is 6.87. The van der Waals surface area contributed by atoms with Crippen molar-refractivity contribution in [2.45, 2.75) is 44.3 Å². The summed E-state index contributed by atoms with van der Waals surface area (Å²) in [6.07, 6.45) is 0.454. The van der Waals surface area contributed by atoms with Gasteiger partial charge in [0, 0.05) is 12.7 Å². The second-order valence-electron chi connectivity index (χ2n) is 5.69. The van der Waals surface area contributed by atoms with E-state index in [9.17, 15) is 13.2 Å². The van der Waals surface area contributed by atoms with Crippen LogP contribution in [-0.2, 0) is 6.18 Å². The zero-order valence-corrected chi connectivity index (χ0v) is 11.5. The molecule has 1 fully saturated rings. The number of nitrogens with zero attached hydrogens (tertiary/aromatic N) is 1. The summed E-state index contributed by atoms with van der Waals surface area (Å²) < 4.78 is 38.9. The van der Waals surface area contributed by atoms with E-state index in [0.717, 1.165) is 31.7 Å². The number of anilines is 1. The van der Waals surface area contributed by atoms with Crippen LogP contribution < -0.4 is 11.1 Å². The van der Waals surface area contributed by atoms with Gasteiger partial charge in [-0.2, -0.15) is 13.2 Å². The van der Waals surface area contributed by atoms with Crippen molar-refractivity contribution in [2.24, 2.45) is 11.7 Å². The van der Waals surface area contributed by atoms with Crippen molar-refractivity contribution >= 4 is 5.82 Å². The highest BCUT2D eigenvalue weighted by Gasteiger charge is 2.38. The Morgan fingerprint density at radius 3 is 2.60 bits per heavy atom. The Hall–Kier alpha value is -1.30. The molecule has 1 aromatic heterocycles. The van der Waals surface area contributed by atoms with E-state index in [4.69, 9.17) is 5.73 Å². The van der Waals surface area contributed by atoms with Gasteiger partial charge in [-0.3, -0.25) is 0 Å². The van der Waals surface area contributed by atoms with Crippen LogP contribution in [0, 0.1) is 5.92 Å². The van der Waals surface area contributed by atoms with Crippen LogP contribution >= 0.6 is 0 Å². The summed E-state index contributed by atoms with van der Waals surface area (Å²) in [5.41, 5.74) is 4.62. The summed E-state index contributed by atoms with van der Waals surface area (Å²) in [4.78, 5) is 3.86. The summed E-state index contributed by atoms with van der Waals surface area (Å²) in [6, 6.07) is 2.34. The average Bonchev–Trinajstić information content (AvgIpc) is 2.41. The second-order valence-corrected chi connectivity index (χ2v) is 5.69. The Kier molecular flexibility index (Phi) is 4.22. The first kappa shape index (κ1) is 15.1. The van der Waals surface area contributed by atoms with E-state index in [1.165, 1.54) is 12.3 Å². The molecular weight excluding hydrogens is 267 g/mol. The number of halogens is 3. The fraction of sp³-hybridized carbons (Fsp3) is 0.643. The molecule has 6 heteroatoms. The van der Waals surface area contributed by atoms with Crippen molar-refractivity contribution in [3.63, 3.8) is 0 Å². The van der Waals surface area contributed by atoms with Crippen molar-refractivity contribution in [3.8, 4) is 0 Å². The molecule has 0 saturated heterocycles. The minimum atomic E-state index is -4.41. The molecule has 2 rings (SSSR count). The van der Waals surface area contributed by atoms with E-state index in [2.05, 4.69) is 17.2 Å². The maximum atomic E-state index is 13.0. The quantitative estimate of drug-likeness (QED) is 0.895. The molecule has 0 bridgehead atoms. The first-order chi connectivity index (χ1) is 9.36. The first-order valence-electron chi connectivity index (χ1n) is 6.87. The van der Waals surface area contributed by atoms with E-state index in [-0.39, 0.29) is 5.82 Å². The molecule has 3 nitrogen and oxygen atoms in total. The third kappa shape index (κ3) is 3.23. The van der Waals surface area contributed by atoms with Crippen LogP contribution in [0.1, 0.15) is 38.2 Å². The fourth-order valence-corrected chi connectivity index (χ4v) is 2.68. The molecule has 0 amide bonds. The number of nitrogens with one attached hydrogen (secondary N) is 1. The van der Waals surface area contributed by atoms with Crippen LogP contribution in [0.5, 0.6) is 0 Å². The molecule has 0 atom stereocenters. The third-order valence-electron chi connectivity index (χ3n) is 4.12. The summed E-state index contributed by atoms with van der Waals surface area (Å²) in [6.45, 7) is 2.47. The van der Waals surface area contributed by atoms with E-state index in [1.54, 1.807) is 0 Å². The number of rotatable bonds is 3. The molecule has 0 aromatic carbocycles. The zero-order valence-electron chi connectivity index (χ0n) is 11.5. The second kappa shape index (κ2) is 5.60. The summed E-state index contributed by atoms with van der Waals surface area (Å²) in [7, 11) is 0. The van der Waals surface area contributed by atoms with Gasteiger partial charge < -0.3 is 11.1 Å². The molecule has 1 heterocycles. The standard InChI is InChI=1S/C14H20F3N3/c1-10-4-6-13(9-18,7-5-10)20-12-11(14(15,16)17)3-2-8-19-12/h2-3,8,10H,4-7,9,18H2,1H3,(H,19,20). The summed E-state index contributed by atoms with van der Waals surface area (Å²) >= 11 is 0. The van der Waals surface area contributed by atoms with Gasteiger partial charge in [-0.15, -0.1) is 0 Å². The number of hydrogen-bond donors (Lipinski definition) is 2. The molecule has 1 saturated carbocycles. The average molecular weight is 287 g/mol. The number of pyridine rings is 1. The number of nitrogens with two attached hydrogens (primary N) is 1. The van der Waals surface area contributed by atoms with Gasteiger partial charge in [0.25, 0.3) is 0 Å². The van der Waals surface area contributed by atoms with Crippen LogP contribution in [0.15, 0.2) is 18.3 Å². The monoisotopic (exact) mass is 287 g/mol. The predicted molar refractivity (Wildman–Crippen MR) is 72.3 cm³/mol. The minimum Gasteiger partial charge on any atom is -0.363 e. The van der Waals surface area contributed by atoms with Gasteiger partial charge in [-0.1, -0.05) is 6.92 Å². The number of aromatic nitrogens is 1. The van der Waals surface area contributed by atoms with Crippen molar-refractivity contribution in [3.05, 3.63) is 23.9 Å². The summed E-state index contributed by atoms with van der Waals surface area (Å²) in [5, 5.41) is 2.98. The van der Waals surface area contributed by atoms with Crippen LogP contribution in [0.2, 0.25) is 0 Å². The van der Waals surface area contributed by atoms with Crippen LogP contribution in [-0.4, -0.2) is 17.1 Å². The van der Waals surface area contributed by atoms with Crippen LogP contribution in [0.3, 0.4) is 0 Å². The molecule has 112 valence electrons. The van der Waals surface area contributed by atoms with E-state index in [0.29, 0.717) is 12.5 Å². The number of alkyl halides is 3. The summed E-state index contributed by atoms with van der Waals surface area (Å²) in [5.74, 6) is 0.488. The molecule has 20 heavy (non-hydrogen) atoms. The maximum Gasteiger partial charge on any atom is 0.419 e. The van der Waals surface area contributed by atoms with E-state index >= 15 is 0 Å². The molecule has 0 spiro atoms. The molecule has 0 unspecified atom stereocenters. The minimum absolute atomic E-state index is 0.111. The Morgan fingerprint density at radius 2 is 2.05 bits per heavy atom. The van der Waals surface area contributed by atoms with Gasteiger partial charge in [0.15, 0.2) is 0 Å². The lowest BCUT2D eigenvalue weighted by molar-refractivity contribution is -0.137. The van der Waals surface area contributed by atoms with Crippen molar-refractivity contribution < 1.29 is 13.2 Å². The largest absolute Gasteiger partial charge is 0.419 e. The van der Waals surface area contributed by atoms with Gasteiger partial charge in [0.05, 0.1) is 11.1 Å². The lowest BCUT2D eigenvalue weighted by Crippen LogP contribution is -2.48. The smallest absolute Gasteiger partial charge is 0.363 e. The third-order valence-corrected chi connectivity index (χ3v) is 4.12. The van der Waals surface area contributed by atoms with Crippen molar-refractivity contribution in [1.82, 2.24) is 4.98 Å². The Bertz CT molecular complexity index is 451. The highest BCUT2D eigenvalue weighted by atomic mass is 19.4. The van der Waals surface area contributed by atoms with Gasteiger partial charge in [-0.25, -0.2) is 4.98 Å². The molecule has 3 N–H and O–H groups in total. The Balaban J connectivity index is 2.24. The maximum absolute atomic E-state index is 13.0. The molecule has 0 aliphatic heterocycles. The predicted octanol–water partition coefficient (Wildman–Crippen LogP) is 3.42. The van der Waals surface area contributed by atoms with Crippen LogP contribution in [0.25, 0.3) is 0 Å². The highest BCUT2D eigenvalue weighted by molar-refractivity contribution is 5.48. The van der Waals surface area contributed by atoms with Gasteiger partial charge >= 0.3 is 6.18 Å². The van der Waals surface area contributed by atoms with Crippen LogP contribution in [0.4, 0.5) is 19.0 Å². The lowest BCUT2D eigenvalue weighted by Gasteiger charge is -2.40. The number of hydrogen-bond acceptors (Lipinski definition) is 3. The molecule has 1 aliphatic rings. The zero-order chi connectivity index (χ0) is 14.8. The molecular formula is C14H20F3N3. The van der Waals surface area contributed by atoms with Gasteiger partial charge in [0.2, 0.25) is 0 Å². The highest BCUT2D eigenvalue weighted by Crippen LogP contribution is 2.38. The van der Waals surface area contributed by atoms with Gasteiger partial charge in [0.1, 0.15) is 5.82 Å². The molecule has 1 aliphatic carbocycles. The lowest BCUT2D eigenvalue weighted by atomic mass is 9.77. The molecule has 0 radical (unpaired) electrons. The Morgan fingerprint density at radius 1 is 1.40 bits per heavy atom. The van der Waals surface area contributed by atoms with Crippen molar-refractivity contribution in [2.75, 3.05) is 11.9 Å². The molecule has 1 aromatic rings. The van der Waals surface area contributed by atoms with Crippen molar-refractivity contribution in [1.29, 1.82) is 0 Å². The Labute approximate surface area is 116 Å². The normalized spacial score (nSPS) is 27.4.